The molecule has 2 rings (SSSR count). The predicted octanol–water partition coefficient (Wildman–Crippen LogP) is 3.16. The number of nitrogens with one attached hydrogen (secondary N) is 1. The molecule has 0 radical (unpaired) electrons. The molecule has 16 heavy (non-hydrogen) atoms. The number of rotatable bonds is 4. The van der Waals surface area contributed by atoms with Gasteiger partial charge in [0.15, 0.2) is 0 Å². The van der Waals surface area contributed by atoms with Gasteiger partial charge < -0.3 is 5.32 Å². The molecule has 0 aromatic carbocycles. The van der Waals surface area contributed by atoms with E-state index in [2.05, 4.69) is 48.1 Å². The Morgan fingerprint density at radius 3 is 3.06 bits per heavy atom. The Morgan fingerprint density at radius 2 is 2.38 bits per heavy atom. The van der Waals surface area contributed by atoms with E-state index in [0.717, 1.165) is 6.54 Å². The van der Waals surface area contributed by atoms with Crippen molar-refractivity contribution in [1.29, 1.82) is 0 Å². The number of thiazole rings is 1. The van der Waals surface area contributed by atoms with Gasteiger partial charge in [-0.25, -0.2) is 4.98 Å². The standard InChI is InChI=1S/C11H18N2S3/c1-8(2)12-5-9-6-16-11(13-9)10-7-14-3-4-15-10/h6,8,10,12H,3-5,7H2,1-2H3. The Labute approximate surface area is 110 Å². The molecule has 90 valence electrons. The first-order valence-electron chi connectivity index (χ1n) is 5.62. The highest BCUT2D eigenvalue weighted by Gasteiger charge is 2.19. The second-order valence-corrected chi connectivity index (χ2v) is 7.50. The first kappa shape index (κ1) is 12.7. The van der Waals surface area contributed by atoms with Crippen molar-refractivity contribution in [3.8, 4) is 0 Å². The predicted molar refractivity (Wildman–Crippen MR) is 76.6 cm³/mol. The van der Waals surface area contributed by atoms with Crippen LogP contribution in [-0.4, -0.2) is 28.3 Å². The van der Waals surface area contributed by atoms with E-state index < -0.39 is 0 Å². The van der Waals surface area contributed by atoms with Crippen LogP contribution >= 0.6 is 34.9 Å². The fraction of sp³-hybridized carbons (Fsp3) is 0.727. The minimum Gasteiger partial charge on any atom is -0.309 e. The van der Waals surface area contributed by atoms with Crippen molar-refractivity contribution < 1.29 is 0 Å². The zero-order valence-electron chi connectivity index (χ0n) is 9.73. The summed E-state index contributed by atoms with van der Waals surface area (Å²) in [7, 11) is 0. The molecule has 1 aromatic heterocycles. The first-order valence-corrected chi connectivity index (χ1v) is 8.71. The van der Waals surface area contributed by atoms with Crippen LogP contribution in [0.4, 0.5) is 0 Å². The summed E-state index contributed by atoms with van der Waals surface area (Å²) >= 11 is 5.94. The Kier molecular flexibility index (Phi) is 5.00. The largest absolute Gasteiger partial charge is 0.309 e. The molecule has 0 aliphatic carbocycles. The summed E-state index contributed by atoms with van der Waals surface area (Å²) in [6, 6.07) is 0.532. The van der Waals surface area contributed by atoms with Gasteiger partial charge in [0, 0.05) is 35.2 Å². The van der Waals surface area contributed by atoms with Gasteiger partial charge in [-0.1, -0.05) is 13.8 Å². The van der Waals surface area contributed by atoms with Crippen LogP contribution in [0.5, 0.6) is 0 Å². The minimum atomic E-state index is 0.532. The highest BCUT2D eigenvalue weighted by molar-refractivity contribution is 8.06. The van der Waals surface area contributed by atoms with Crippen LogP contribution < -0.4 is 5.32 Å². The van der Waals surface area contributed by atoms with Crippen molar-refractivity contribution in [1.82, 2.24) is 10.3 Å². The molecule has 2 nitrogen and oxygen atoms in total. The monoisotopic (exact) mass is 274 g/mol. The van der Waals surface area contributed by atoms with Crippen molar-refractivity contribution in [2.75, 3.05) is 17.3 Å². The summed E-state index contributed by atoms with van der Waals surface area (Å²) in [6.45, 7) is 5.24. The molecule has 2 heterocycles. The van der Waals surface area contributed by atoms with Gasteiger partial charge in [0.25, 0.3) is 0 Å². The Balaban J connectivity index is 1.90. The lowest BCUT2D eigenvalue weighted by Gasteiger charge is -2.18. The van der Waals surface area contributed by atoms with Gasteiger partial charge in [0.05, 0.1) is 10.9 Å². The average Bonchev–Trinajstić information content (AvgIpc) is 2.76. The second kappa shape index (κ2) is 6.28. The molecular weight excluding hydrogens is 256 g/mol. The molecule has 0 spiro atoms. The zero-order valence-corrected chi connectivity index (χ0v) is 12.2. The van der Waals surface area contributed by atoms with E-state index in [0.29, 0.717) is 11.3 Å². The SMILES string of the molecule is CC(C)NCc1csc(C2CSCCS2)n1. The zero-order chi connectivity index (χ0) is 11.4. The molecule has 1 aliphatic heterocycles. The maximum absolute atomic E-state index is 4.73. The van der Waals surface area contributed by atoms with Crippen LogP contribution in [0.2, 0.25) is 0 Å². The van der Waals surface area contributed by atoms with Crippen molar-refractivity contribution >= 4 is 34.9 Å². The third-order valence-electron chi connectivity index (χ3n) is 2.35. The highest BCUT2D eigenvalue weighted by Crippen LogP contribution is 2.37. The van der Waals surface area contributed by atoms with Gasteiger partial charge in [0.2, 0.25) is 0 Å². The smallest absolute Gasteiger partial charge is 0.107 e. The van der Waals surface area contributed by atoms with Crippen LogP contribution in [0, 0.1) is 0 Å². The molecule has 1 aromatic rings. The van der Waals surface area contributed by atoms with Crippen LogP contribution in [0.1, 0.15) is 29.8 Å². The van der Waals surface area contributed by atoms with Crippen LogP contribution in [0.3, 0.4) is 0 Å². The Bertz CT molecular complexity index is 319. The fourth-order valence-electron chi connectivity index (χ4n) is 1.49. The molecule has 1 saturated heterocycles. The Hall–Kier alpha value is 0.290. The maximum atomic E-state index is 4.73. The molecule has 1 atom stereocenters. The molecule has 1 unspecified atom stereocenters. The second-order valence-electron chi connectivity index (χ2n) is 4.15. The summed E-state index contributed by atoms with van der Waals surface area (Å²) < 4.78 is 0. The topological polar surface area (TPSA) is 24.9 Å². The molecular formula is C11H18N2S3. The van der Waals surface area contributed by atoms with E-state index in [1.54, 1.807) is 0 Å². The van der Waals surface area contributed by atoms with E-state index in [4.69, 9.17) is 4.98 Å². The van der Waals surface area contributed by atoms with E-state index in [-0.39, 0.29) is 0 Å². The van der Waals surface area contributed by atoms with E-state index in [1.807, 2.05) is 11.3 Å². The highest BCUT2D eigenvalue weighted by atomic mass is 32.2. The molecule has 5 heteroatoms. The van der Waals surface area contributed by atoms with Crippen molar-refractivity contribution in [2.45, 2.75) is 31.7 Å². The fourth-order valence-corrected chi connectivity index (χ4v) is 5.31. The number of thioether (sulfide) groups is 2. The third kappa shape index (κ3) is 3.65. The van der Waals surface area contributed by atoms with Gasteiger partial charge in [0.1, 0.15) is 5.01 Å². The van der Waals surface area contributed by atoms with Gasteiger partial charge in [-0.05, 0) is 0 Å². The number of hydrogen-bond acceptors (Lipinski definition) is 5. The lowest BCUT2D eigenvalue weighted by molar-refractivity contribution is 0.582. The normalized spacial score (nSPS) is 21.6. The Morgan fingerprint density at radius 1 is 1.50 bits per heavy atom. The van der Waals surface area contributed by atoms with Crippen molar-refractivity contribution in [2.24, 2.45) is 0 Å². The third-order valence-corrected chi connectivity index (χ3v) is 6.27. The van der Waals surface area contributed by atoms with Gasteiger partial charge in [-0.15, -0.1) is 23.1 Å². The van der Waals surface area contributed by atoms with Crippen LogP contribution in [-0.2, 0) is 6.54 Å². The van der Waals surface area contributed by atoms with Crippen LogP contribution in [0.25, 0.3) is 0 Å². The first-order chi connectivity index (χ1) is 7.75. The summed E-state index contributed by atoms with van der Waals surface area (Å²) in [5.41, 5.74) is 1.20. The quantitative estimate of drug-likeness (QED) is 0.911. The maximum Gasteiger partial charge on any atom is 0.107 e. The molecule has 1 fully saturated rings. The average molecular weight is 274 g/mol. The summed E-state index contributed by atoms with van der Waals surface area (Å²) in [5.74, 6) is 3.80. The van der Waals surface area contributed by atoms with E-state index in [9.17, 15) is 0 Å². The molecule has 1 N–H and O–H groups in total. The molecule has 1 aliphatic rings. The van der Waals surface area contributed by atoms with E-state index in [1.165, 1.54) is 28.0 Å². The van der Waals surface area contributed by atoms with E-state index >= 15 is 0 Å². The van der Waals surface area contributed by atoms with Crippen LogP contribution in [0.15, 0.2) is 5.38 Å². The molecule has 0 amide bonds. The van der Waals surface area contributed by atoms with Crippen molar-refractivity contribution in [3.05, 3.63) is 16.1 Å². The van der Waals surface area contributed by atoms with Crippen molar-refractivity contribution in [3.63, 3.8) is 0 Å². The van der Waals surface area contributed by atoms with Gasteiger partial charge in [-0.2, -0.15) is 11.8 Å². The van der Waals surface area contributed by atoms with Gasteiger partial charge in [-0.3, -0.25) is 0 Å². The minimum absolute atomic E-state index is 0.532. The number of nitrogens with zero attached hydrogens (tertiary/aromatic N) is 1. The summed E-state index contributed by atoms with van der Waals surface area (Å²) in [5, 5.41) is 7.56. The summed E-state index contributed by atoms with van der Waals surface area (Å²) in [6.07, 6.45) is 0. The number of hydrogen-bond donors (Lipinski definition) is 1. The van der Waals surface area contributed by atoms with Gasteiger partial charge >= 0.3 is 0 Å². The lowest BCUT2D eigenvalue weighted by Crippen LogP contribution is -2.22. The summed E-state index contributed by atoms with van der Waals surface area (Å²) in [4.78, 5) is 4.73. The number of aromatic nitrogens is 1. The molecule has 0 saturated carbocycles. The molecule has 0 bridgehead atoms. The lowest BCUT2D eigenvalue weighted by atomic mass is 10.3.